The quantitative estimate of drug-likeness (QED) is 0.705. The van der Waals surface area contributed by atoms with Gasteiger partial charge in [0, 0.05) is 36.2 Å². The molecule has 3 atom stereocenters. The summed E-state index contributed by atoms with van der Waals surface area (Å²) >= 11 is 0. The van der Waals surface area contributed by atoms with Crippen LogP contribution in [-0.2, 0) is 14.8 Å². The molecule has 1 aliphatic rings. The minimum absolute atomic E-state index is 0.0295. The van der Waals surface area contributed by atoms with E-state index in [9.17, 15) is 13.2 Å². The van der Waals surface area contributed by atoms with Crippen molar-refractivity contribution in [3.63, 3.8) is 0 Å². The summed E-state index contributed by atoms with van der Waals surface area (Å²) in [4.78, 5) is 16.4. The molecule has 0 aliphatic heterocycles. The van der Waals surface area contributed by atoms with E-state index in [1.165, 1.54) is 18.3 Å². The lowest BCUT2D eigenvalue weighted by molar-refractivity contribution is -0.140. The number of carbonyl (C=O) groups is 1. The number of carbonyl (C=O) groups excluding carboxylic acids is 1. The molecule has 1 heterocycles. The van der Waals surface area contributed by atoms with Crippen LogP contribution in [0.15, 0.2) is 23.2 Å². The van der Waals surface area contributed by atoms with Gasteiger partial charge in [-0.15, -0.1) is 0 Å². The van der Waals surface area contributed by atoms with Crippen LogP contribution in [0.2, 0.25) is 0 Å². The molecule has 9 heteroatoms. The van der Waals surface area contributed by atoms with Gasteiger partial charge in [0.05, 0.1) is 6.10 Å². The van der Waals surface area contributed by atoms with Gasteiger partial charge in [0.1, 0.15) is 10.7 Å². The minimum atomic E-state index is -3.66. The number of nitrogens with zero attached hydrogens (tertiary/aromatic N) is 1. The molecule has 3 unspecified atom stereocenters. The van der Waals surface area contributed by atoms with Crippen molar-refractivity contribution in [2.75, 3.05) is 12.4 Å². The number of pyridine rings is 1. The predicted molar refractivity (Wildman–Crippen MR) is 104 cm³/mol. The Kier molecular flexibility index (Phi) is 5.89. The van der Waals surface area contributed by atoms with E-state index < -0.39 is 15.6 Å². The standard InChI is InChI=1S/C18H30N4O4S/c1-11-14(18(5,6)15(11)26-7)21-16(23)20-13-9-8-12(10-19-13)27(24,25)22-17(2,3)4/h8-11,14-15,22H,1-7H3,(H2,19,20,21,23). The molecule has 8 nitrogen and oxygen atoms in total. The molecular weight excluding hydrogens is 368 g/mol. The summed E-state index contributed by atoms with van der Waals surface area (Å²) in [6, 6.07) is 2.46. The lowest BCUT2D eigenvalue weighted by Gasteiger charge is -2.56. The second kappa shape index (κ2) is 7.37. The normalized spacial score (nSPS) is 24.8. The Balaban J connectivity index is 2.00. The maximum Gasteiger partial charge on any atom is 0.320 e. The predicted octanol–water partition coefficient (Wildman–Crippen LogP) is 2.34. The van der Waals surface area contributed by atoms with Gasteiger partial charge in [-0.3, -0.25) is 5.32 Å². The Morgan fingerprint density at radius 3 is 2.33 bits per heavy atom. The van der Waals surface area contributed by atoms with Crippen molar-refractivity contribution >= 4 is 21.9 Å². The number of nitrogens with one attached hydrogen (secondary N) is 3. The van der Waals surface area contributed by atoms with Crippen LogP contribution in [0.4, 0.5) is 10.6 Å². The van der Waals surface area contributed by atoms with E-state index in [1.54, 1.807) is 27.9 Å². The number of methoxy groups -OCH3 is 1. The third-order valence-electron chi connectivity index (χ3n) is 4.81. The van der Waals surface area contributed by atoms with Crippen LogP contribution in [0.25, 0.3) is 0 Å². The highest BCUT2D eigenvalue weighted by molar-refractivity contribution is 7.89. The maximum absolute atomic E-state index is 12.3. The molecule has 1 aliphatic carbocycles. The van der Waals surface area contributed by atoms with Crippen LogP contribution in [0.1, 0.15) is 41.5 Å². The second-order valence-electron chi connectivity index (χ2n) is 8.65. The first kappa shape index (κ1) is 21.6. The molecule has 27 heavy (non-hydrogen) atoms. The van der Waals surface area contributed by atoms with Gasteiger partial charge >= 0.3 is 6.03 Å². The Bertz CT molecular complexity index is 785. The average molecular weight is 399 g/mol. The second-order valence-corrected chi connectivity index (χ2v) is 10.3. The Morgan fingerprint density at radius 1 is 1.26 bits per heavy atom. The molecule has 1 aromatic heterocycles. The lowest BCUT2D eigenvalue weighted by atomic mass is 9.58. The summed E-state index contributed by atoms with van der Waals surface area (Å²) in [6.45, 7) is 11.4. The molecule has 3 N–H and O–H groups in total. The van der Waals surface area contributed by atoms with Crippen LogP contribution in [0.3, 0.4) is 0 Å². The number of hydrogen-bond acceptors (Lipinski definition) is 5. The average Bonchev–Trinajstić information content (AvgIpc) is 2.51. The van der Waals surface area contributed by atoms with Gasteiger partial charge < -0.3 is 10.1 Å². The van der Waals surface area contributed by atoms with Gasteiger partial charge in [-0.1, -0.05) is 20.8 Å². The number of rotatable bonds is 5. The molecule has 1 saturated carbocycles. The zero-order valence-corrected chi connectivity index (χ0v) is 17.8. The number of hydrogen-bond donors (Lipinski definition) is 3. The summed E-state index contributed by atoms with van der Waals surface area (Å²) in [5, 5.41) is 5.59. The van der Waals surface area contributed by atoms with Crippen molar-refractivity contribution in [2.45, 2.75) is 64.1 Å². The topological polar surface area (TPSA) is 109 Å². The molecule has 0 spiro atoms. The Labute approximate surface area is 161 Å². The van der Waals surface area contributed by atoms with Gasteiger partial charge in [0.2, 0.25) is 10.0 Å². The number of amides is 2. The van der Waals surface area contributed by atoms with E-state index in [4.69, 9.17) is 4.74 Å². The number of aromatic nitrogens is 1. The van der Waals surface area contributed by atoms with Crippen LogP contribution in [-0.4, -0.2) is 44.2 Å². The van der Waals surface area contributed by atoms with Crippen molar-refractivity contribution in [3.05, 3.63) is 18.3 Å². The van der Waals surface area contributed by atoms with Crippen LogP contribution >= 0.6 is 0 Å². The summed E-state index contributed by atoms with van der Waals surface area (Å²) < 4.78 is 32.6. The van der Waals surface area contributed by atoms with Crippen LogP contribution in [0, 0.1) is 11.3 Å². The van der Waals surface area contributed by atoms with Crippen molar-refractivity contribution in [3.8, 4) is 0 Å². The molecular formula is C18H30N4O4S. The maximum atomic E-state index is 12.3. The number of sulfonamides is 1. The van der Waals surface area contributed by atoms with Gasteiger partial charge in [-0.2, -0.15) is 0 Å². The van der Waals surface area contributed by atoms with Gasteiger partial charge in [0.15, 0.2) is 0 Å². The number of anilines is 1. The summed E-state index contributed by atoms with van der Waals surface area (Å²) in [6.07, 6.45) is 1.31. The molecule has 0 radical (unpaired) electrons. The number of urea groups is 1. The van der Waals surface area contributed by atoms with Crippen molar-refractivity contribution in [1.29, 1.82) is 0 Å². The summed E-state index contributed by atoms with van der Waals surface area (Å²) in [5.74, 6) is 0.468. The van der Waals surface area contributed by atoms with E-state index in [2.05, 4.69) is 20.3 Å². The third kappa shape index (κ3) is 4.77. The number of ether oxygens (including phenoxy) is 1. The largest absolute Gasteiger partial charge is 0.380 e. The van der Waals surface area contributed by atoms with Gasteiger partial charge in [-0.25, -0.2) is 22.9 Å². The first-order valence-corrected chi connectivity index (χ1v) is 10.4. The molecule has 152 valence electrons. The fourth-order valence-corrected chi connectivity index (χ4v) is 5.16. The van der Waals surface area contributed by atoms with E-state index >= 15 is 0 Å². The third-order valence-corrected chi connectivity index (χ3v) is 6.55. The first-order valence-electron chi connectivity index (χ1n) is 8.88. The molecule has 0 bridgehead atoms. The fourth-order valence-electron chi connectivity index (χ4n) is 3.79. The highest BCUT2D eigenvalue weighted by Gasteiger charge is 2.55. The summed E-state index contributed by atoms with van der Waals surface area (Å²) in [7, 11) is -1.99. The molecule has 0 saturated heterocycles. The van der Waals surface area contributed by atoms with Crippen molar-refractivity contribution in [1.82, 2.24) is 15.0 Å². The molecule has 1 aromatic rings. The lowest BCUT2D eigenvalue weighted by Crippen LogP contribution is -2.68. The van der Waals surface area contributed by atoms with Gasteiger partial charge in [-0.05, 0) is 32.9 Å². The molecule has 2 amide bonds. The van der Waals surface area contributed by atoms with Crippen LogP contribution in [0.5, 0.6) is 0 Å². The fraction of sp³-hybridized carbons (Fsp3) is 0.667. The van der Waals surface area contributed by atoms with Gasteiger partial charge in [0.25, 0.3) is 0 Å². The zero-order chi connectivity index (χ0) is 20.6. The Hall–Kier alpha value is -1.71. The monoisotopic (exact) mass is 398 g/mol. The Morgan fingerprint density at radius 2 is 1.89 bits per heavy atom. The van der Waals surface area contributed by atoms with Crippen LogP contribution < -0.4 is 15.4 Å². The zero-order valence-electron chi connectivity index (χ0n) is 17.0. The molecule has 2 rings (SSSR count). The highest BCUT2D eigenvalue weighted by atomic mass is 32.2. The molecule has 1 fully saturated rings. The molecule has 0 aromatic carbocycles. The van der Waals surface area contributed by atoms with E-state index in [0.717, 1.165) is 0 Å². The highest BCUT2D eigenvalue weighted by Crippen LogP contribution is 2.46. The van der Waals surface area contributed by atoms with Crippen molar-refractivity contribution < 1.29 is 17.9 Å². The SMILES string of the molecule is COC1C(C)C(NC(=O)Nc2ccc(S(=O)(=O)NC(C)(C)C)cn2)C1(C)C. The smallest absolute Gasteiger partial charge is 0.320 e. The first-order chi connectivity index (χ1) is 12.3. The van der Waals surface area contributed by atoms with E-state index in [0.29, 0.717) is 0 Å². The summed E-state index contributed by atoms with van der Waals surface area (Å²) in [5.41, 5.74) is -0.766. The van der Waals surface area contributed by atoms with E-state index in [-0.39, 0.29) is 40.2 Å². The van der Waals surface area contributed by atoms with E-state index in [1.807, 2.05) is 20.8 Å². The van der Waals surface area contributed by atoms with Crippen molar-refractivity contribution in [2.24, 2.45) is 11.3 Å². The minimum Gasteiger partial charge on any atom is -0.380 e.